The van der Waals surface area contributed by atoms with Gasteiger partial charge >= 0.3 is 0 Å². The number of aryl methyl sites for hydroxylation is 1. The van der Waals surface area contributed by atoms with Crippen LogP contribution in [0.15, 0.2) is 22.9 Å². The van der Waals surface area contributed by atoms with E-state index >= 15 is 0 Å². The van der Waals surface area contributed by atoms with Gasteiger partial charge in [-0.15, -0.1) is 10.2 Å². The van der Waals surface area contributed by atoms with Crippen molar-refractivity contribution in [2.24, 2.45) is 0 Å². The second-order valence-corrected chi connectivity index (χ2v) is 3.56. The normalized spacial score (nSPS) is 10.2. The lowest BCUT2D eigenvalue weighted by atomic mass is 10.1. The molecule has 4 heteroatoms. The van der Waals surface area contributed by atoms with Gasteiger partial charge in [0.2, 0.25) is 0 Å². The Kier molecular flexibility index (Phi) is 1.98. The molecule has 0 aliphatic heterocycles. The van der Waals surface area contributed by atoms with Crippen LogP contribution < -0.4 is 5.73 Å². The lowest BCUT2D eigenvalue weighted by Gasteiger charge is -1.97. The number of rotatable bonds is 1. The largest absolute Gasteiger partial charge is 0.382 e. The number of hydrogen-bond donors (Lipinski definition) is 1. The lowest BCUT2D eigenvalue weighted by molar-refractivity contribution is 1.05. The molecule has 3 nitrogen and oxygen atoms in total. The number of nitrogen functional groups attached to an aromatic ring is 1. The van der Waals surface area contributed by atoms with Crippen LogP contribution in [0.3, 0.4) is 0 Å². The van der Waals surface area contributed by atoms with Gasteiger partial charge in [0, 0.05) is 10.9 Å². The smallest absolute Gasteiger partial charge is 0.146 e. The Balaban J connectivity index is 2.47. The summed E-state index contributed by atoms with van der Waals surface area (Å²) in [6.07, 6.45) is 0. The first-order valence-corrected chi connectivity index (χ1v) is 4.84. The van der Waals surface area contributed by atoms with Crippen molar-refractivity contribution in [1.29, 1.82) is 0 Å². The minimum atomic E-state index is 0.455. The highest BCUT2D eigenvalue weighted by molar-refractivity contribution is 7.08. The molecule has 0 spiro atoms. The van der Waals surface area contributed by atoms with Gasteiger partial charge < -0.3 is 5.73 Å². The molecule has 0 aromatic carbocycles. The summed E-state index contributed by atoms with van der Waals surface area (Å²) in [6, 6.07) is 3.65. The summed E-state index contributed by atoms with van der Waals surface area (Å²) in [4.78, 5) is 0. The molecule has 2 aromatic rings. The van der Waals surface area contributed by atoms with Gasteiger partial charge in [0.25, 0.3) is 0 Å². The quantitative estimate of drug-likeness (QED) is 0.751. The SMILES string of the molecule is Cc1cscc1-c1ccc(N)nn1. The summed E-state index contributed by atoms with van der Waals surface area (Å²) in [5.74, 6) is 0.455. The highest BCUT2D eigenvalue weighted by Gasteiger charge is 2.03. The van der Waals surface area contributed by atoms with Crippen molar-refractivity contribution in [3.8, 4) is 11.3 Å². The number of hydrogen-bond acceptors (Lipinski definition) is 4. The molecule has 0 saturated heterocycles. The van der Waals surface area contributed by atoms with Gasteiger partial charge in [-0.2, -0.15) is 11.3 Å². The van der Waals surface area contributed by atoms with Crippen LogP contribution >= 0.6 is 11.3 Å². The predicted octanol–water partition coefficient (Wildman–Crippen LogP) is 2.10. The Hall–Kier alpha value is -1.42. The van der Waals surface area contributed by atoms with Crippen LogP contribution in [0.2, 0.25) is 0 Å². The van der Waals surface area contributed by atoms with E-state index in [-0.39, 0.29) is 0 Å². The van der Waals surface area contributed by atoms with Gasteiger partial charge in [-0.3, -0.25) is 0 Å². The van der Waals surface area contributed by atoms with Crippen LogP contribution in [0, 0.1) is 6.92 Å². The molecule has 2 aromatic heterocycles. The van der Waals surface area contributed by atoms with Crippen molar-refractivity contribution in [2.45, 2.75) is 6.92 Å². The van der Waals surface area contributed by atoms with Crippen LogP contribution in [0.5, 0.6) is 0 Å². The Labute approximate surface area is 80.2 Å². The van der Waals surface area contributed by atoms with Crippen molar-refractivity contribution in [2.75, 3.05) is 5.73 Å². The van der Waals surface area contributed by atoms with E-state index < -0.39 is 0 Å². The van der Waals surface area contributed by atoms with Gasteiger partial charge in [0.05, 0.1) is 5.69 Å². The van der Waals surface area contributed by atoms with Crippen LogP contribution in [0.1, 0.15) is 5.56 Å². The topological polar surface area (TPSA) is 51.8 Å². The van der Waals surface area contributed by atoms with Gasteiger partial charge in [-0.05, 0) is 30.0 Å². The molecule has 0 aliphatic carbocycles. The van der Waals surface area contributed by atoms with Crippen LogP contribution in [0.4, 0.5) is 5.82 Å². The third kappa shape index (κ3) is 1.53. The van der Waals surface area contributed by atoms with E-state index in [9.17, 15) is 0 Å². The lowest BCUT2D eigenvalue weighted by Crippen LogP contribution is -1.93. The predicted molar refractivity (Wildman–Crippen MR) is 54.5 cm³/mol. The Morgan fingerprint density at radius 2 is 2.08 bits per heavy atom. The zero-order valence-corrected chi connectivity index (χ0v) is 8.01. The first kappa shape index (κ1) is 8.19. The van der Waals surface area contributed by atoms with Gasteiger partial charge in [-0.25, -0.2) is 0 Å². The molecule has 0 unspecified atom stereocenters. The summed E-state index contributed by atoms with van der Waals surface area (Å²) in [6.45, 7) is 2.06. The second-order valence-electron chi connectivity index (χ2n) is 2.81. The molecule has 0 bridgehead atoms. The highest BCUT2D eigenvalue weighted by atomic mass is 32.1. The molecule has 0 aliphatic rings. The molecule has 13 heavy (non-hydrogen) atoms. The number of thiophene rings is 1. The fourth-order valence-corrected chi connectivity index (χ4v) is 1.95. The van der Waals surface area contributed by atoms with E-state index in [0.29, 0.717) is 5.82 Å². The molecule has 66 valence electrons. The number of nitrogens with zero attached hydrogens (tertiary/aromatic N) is 2. The fraction of sp³-hybridized carbons (Fsp3) is 0.111. The van der Waals surface area contributed by atoms with E-state index in [1.165, 1.54) is 5.56 Å². The third-order valence-electron chi connectivity index (χ3n) is 1.82. The van der Waals surface area contributed by atoms with E-state index in [1.54, 1.807) is 17.4 Å². The summed E-state index contributed by atoms with van der Waals surface area (Å²) < 4.78 is 0. The van der Waals surface area contributed by atoms with E-state index in [4.69, 9.17) is 5.73 Å². The Morgan fingerprint density at radius 1 is 1.23 bits per heavy atom. The average molecular weight is 191 g/mol. The van der Waals surface area contributed by atoms with Crippen LogP contribution in [-0.2, 0) is 0 Å². The molecule has 0 amide bonds. The molecular weight excluding hydrogens is 182 g/mol. The maximum Gasteiger partial charge on any atom is 0.146 e. The summed E-state index contributed by atoms with van der Waals surface area (Å²) in [5.41, 5.74) is 8.69. The van der Waals surface area contributed by atoms with E-state index in [2.05, 4.69) is 27.9 Å². The van der Waals surface area contributed by atoms with Gasteiger partial charge in [-0.1, -0.05) is 0 Å². The summed E-state index contributed by atoms with van der Waals surface area (Å²) in [7, 11) is 0. The first-order valence-electron chi connectivity index (χ1n) is 3.90. The number of anilines is 1. The third-order valence-corrected chi connectivity index (χ3v) is 2.68. The van der Waals surface area contributed by atoms with Crippen molar-refractivity contribution in [3.63, 3.8) is 0 Å². The van der Waals surface area contributed by atoms with Crippen LogP contribution in [0.25, 0.3) is 11.3 Å². The van der Waals surface area contributed by atoms with E-state index in [1.807, 2.05) is 6.07 Å². The molecule has 2 heterocycles. The van der Waals surface area contributed by atoms with Crippen molar-refractivity contribution in [3.05, 3.63) is 28.5 Å². The highest BCUT2D eigenvalue weighted by Crippen LogP contribution is 2.24. The molecule has 0 saturated carbocycles. The van der Waals surface area contributed by atoms with Crippen molar-refractivity contribution in [1.82, 2.24) is 10.2 Å². The maximum atomic E-state index is 5.45. The molecular formula is C9H9N3S. The molecule has 0 atom stereocenters. The van der Waals surface area contributed by atoms with Gasteiger partial charge in [0.15, 0.2) is 0 Å². The van der Waals surface area contributed by atoms with E-state index in [0.717, 1.165) is 11.3 Å². The second kappa shape index (κ2) is 3.14. The molecule has 2 rings (SSSR count). The molecule has 2 N–H and O–H groups in total. The first-order chi connectivity index (χ1) is 6.27. The zero-order chi connectivity index (χ0) is 9.26. The van der Waals surface area contributed by atoms with Crippen LogP contribution in [-0.4, -0.2) is 10.2 Å². The van der Waals surface area contributed by atoms with Crippen molar-refractivity contribution >= 4 is 17.2 Å². The maximum absolute atomic E-state index is 5.45. The number of nitrogens with two attached hydrogens (primary N) is 1. The number of aromatic nitrogens is 2. The minimum Gasteiger partial charge on any atom is -0.382 e. The minimum absolute atomic E-state index is 0.455. The zero-order valence-electron chi connectivity index (χ0n) is 7.19. The summed E-state index contributed by atoms with van der Waals surface area (Å²) in [5, 5.41) is 12.0. The molecule has 0 radical (unpaired) electrons. The summed E-state index contributed by atoms with van der Waals surface area (Å²) >= 11 is 1.67. The van der Waals surface area contributed by atoms with Gasteiger partial charge in [0.1, 0.15) is 5.82 Å². The van der Waals surface area contributed by atoms with Crippen molar-refractivity contribution < 1.29 is 0 Å². The standard InChI is InChI=1S/C9H9N3S/c1-6-4-13-5-7(6)8-2-3-9(10)12-11-8/h2-5H,1H3,(H2,10,12). The average Bonchev–Trinajstić information content (AvgIpc) is 2.53. The Morgan fingerprint density at radius 3 is 2.62 bits per heavy atom. The monoisotopic (exact) mass is 191 g/mol. The molecule has 0 fully saturated rings. The Bertz CT molecular complexity index is 405. The fourth-order valence-electron chi connectivity index (χ4n) is 1.11.